The standard InChI is InChI=1S/C13H19NO2S2/c1-10(6-7-14)18(15,16)9-11-8-17-13-5-3-2-4-12(11)13/h2-5,10-11H,6-9,14H2,1H3. The molecule has 2 atom stereocenters. The van der Waals surface area contributed by atoms with Gasteiger partial charge in [0.2, 0.25) is 0 Å². The monoisotopic (exact) mass is 285 g/mol. The van der Waals surface area contributed by atoms with Gasteiger partial charge in [0.1, 0.15) is 0 Å². The van der Waals surface area contributed by atoms with Gasteiger partial charge in [0.25, 0.3) is 0 Å². The molecule has 2 N–H and O–H groups in total. The fourth-order valence-electron chi connectivity index (χ4n) is 2.23. The molecular formula is C13H19NO2S2. The summed E-state index contributed by atoms with van der Waals surface area (Å²) in [5.41, 5.74) is 6.63. The van der Waals surface area contributed by atoms with Crippen molar-refractivity contribution in [3.63, 3.8) is 0 Å². The largest absolute Gasteiger partial charge is 0.330 e. The molecule has 0 aliphatic carbocycles. The molecule has 0 amide bonds. The first-order chi connectivity index (χ1) is 8.54. The maximum atomic E-state index is 12.2. The molecule has 1 aromatic rings. The Labute approximate surface area is 113 Å². The Morgan fingerprint density at radius 2 is 2.17 bits per heavy atom. The molecule has 5 heteroatoms. The molecule has 2 unspecified atom stereocenters. The van der Waals surface area contributed by atoms with E-state index in [0.717, 1.165) is 5.75 Å². The molecule has 1 aliphatic heterocycles. The van der Waals surface area contributed by atoms with Crippen LogP contribution in [0.2, 0.25) is 0 Å². The Morgan fingerprint density at radius 1 is 1.44 bits per heavy atom. The average Bonchev–Trinajstić information content (AvgIpc) is 2.73. The SMILES string of the molecule is CC(CCN)S(=O)(=O)CC1CSc2ccccc21. The predicted molar refractivity (Wildman–Crippen MR) is 76.8 cm³/mol. The van der Waals surface area contributed by atoms with Gasteiger partial charge >= 0.3 is 0 Å². The van der Waals surface area contributed by atoms with Crippen molar-refractivity contribution in [3.05, 3.63) is 29.8 Å². The predicted octanol–water partition coefficient (Wildman–Crippen LogP) is 2.03. The van der Waals surface area contributed by atoms with Crippen LogP contribution < -0.4 is 5.73 Å². The van der Waals surface area contributed by atoms with Crippen LogP contribution in [0.3, 0.4) is 0 Å². The molecule has 1 aromatic carbocycles. The number of fused-ring (bicyclic) bond motifs is 1. The van der Waals surface area contributed by atoms with Crippen molar-refractivity contribution in [3.8, 4) is 0 Å². The van der Waals surface area contributed by atoms with Gasteiger partial charge in [-0.3, -0.25) is 0 Å². The lowest BCUT2D eigenvalue weighted by Crippen LogP contribution is -2.27. The smallest absolute Gasteiger partial charge is 0.153 e. The van der Waals surface area contributed by atoms with Crippen LogP contribution in [0.5, 0.6) is 0 Å². The van der Waals surface area contributed by atoms with Crippen molar-refractivity contribution in [2.75, 3.05) is 18.1 Å². The molecule has 0 spiro atoms. The molecule has 18 heavy (non-hydrogen) atoms. The van der Waals surface area contributed by atoms with Crippen molar-refractivity contribution in [1.82, 2.24) is 0 Å². The van der Waals surface area contributed by atoms with Crippen LogP contribution >= 0.6 is 11.8 Å². The zero-order valence-electron chi connectivity index (χ0n) is 10.5. The van der Waals surface area contributed by atoms with Gasteiger partial charge < -0.3 is 5.73 Å². The molecule has 0 bridgehead atoms. The van der Waals surface area contributed by atoms with Gasteiger partial charge in [-0.05, 0) is 31.5 Å². The number of sulfone groups is 1. The maximum Gasteiger partial charge on any atom is 0.153 e. The lowest BCUT2D eigenvalue weighted by atomic mass is 10.0. The van der Waals surface area contributed by atoms with Gasteiger partial charge in [-0.1, -0.05) is 18.2 Å². The van der Waals surface area contributed by atoms with Gasteiger partial charge in [-0.15, -0.1) is 11.8 Å². The number of hydrogen-bond donors (Lipinski definition) is 1. The lowest BCUT2D eigenvalue weighted by Gasteiger charge is -2.16. The minimum atomic E-state index is -3.04. The van der Waals surface area contributed by atoms with Crippen molar-refractivity contribution >= 4 is 21.6 Å². The molecule has 2 rings (SSSR count). The molecule has 0 aromatic heterocycles. The molecule has 100 valence electrons. The fourth-order valence-corrected chi connectivity index (χ4v) is 5.31. The Hall–Kier alpha value is -0.520. The number of benzene rings is 1. The molecule has 0 fully saturated rings. The molecular weight excluding hydrogens is 266 g/mol. The van der Waals surface area contributed by atoms with E-state index < -0.39 is 9.84 Å². The number of rotatable bonds is 5. The highest BCUT2D eigenvalue weighted by Gasteiger charge is 2.30. The number of nitrogens with two attached hydrogens (primary N) is 1. The lowest BCUT2D eigenvalue weighted by molar-refractivity contribution is 0.573. The first-order valence-corrected chi connectivity index (χ1v) is 8.88. The molecule has 0 radical (unpaired) electrons. The van der Waals surface area contributed by atoms with E-state index in [0.29, 0.717) is 13.0 Å². The normalized spacial score (nSPS) is 20.7. The third kappa shape index (κ3) is 2.90. The van der Waals surface area contributed by atoms with Crippen LogP contribution in [-0.2, 0) is 9.84 Å². The summed E-state index contributed by atoms with van der Waals surface area (Å²) in [7, 11) is -3.04. The zero-order chi connectivity index (χ0) is 13.2. The molecule has 1 heterocycles. The van der Waals surface area contributed by atoms with Crippen molar-refractivity contribution in [2.24, 2.45) is 5.73 Å². The van der Waals surface area contributed by atoms with E-state index in [1.807, 2.05) is 18.2 Å². The van der Waals surface area contributed by atoms with Crippen LogP contribution in [0.15, 0.2) is 29.2 Å². The van der Waals surface area contributed by atoms with E-state index in [4.69, 9.17) is 5.73 Å². The van der Waals surface area contributed by atoms with E-state index in [9.17, 15) is 8.42 Å². The van der Waals surface area contributed by atoms with E-state index in [1.54, 1.807) is 18.7 Å². The number of hydrogen-bond acceptors (Lipinski definition) is 4. The Bertz CT molecular complexity index is 513. The Balaban J connectivity index is 2.12. The van der Waals surface area contributed by atoms with Crippen molar-refractivity contribution in [2.45, 2.75) is 29.4 Å². The third-order valence-electron chi connectivity index (χ3n) is 3.42. The van der Waals surface area contributed by atoms with Gasteiger partial charge in [0.05, 0.1) is 11.0 Å². The summed E-state index contributed by atoms with van der Waals surface area (Å²) in [6.45, 7) is 2.19. The van der Waals surface area contributed by atoms with Crippen LogP contribution in [0.4, 0.5) is 0 Å². The second-order valence-corrected chi connectivity index (χ2v) is 8.29. The van der Waals surface area contributed by atoms with Crippen LogP contribution in [-0.4, -0.2) is 31.7 Å². The Morgan fingerprint density at radius 3 is 2.89 bits per heavy atom. The van der Waals surface area contributed by atoms with Crippen molar-refractivity contribution < 1.29 is 8.42 Å². The molecule has 3 nitrogen and oxygen atoms in total. The van der Waals surface area contributed by atoms with Crippen molar-refractivity contribution in [1.29, 1.82) is 0 Å². The van der Waals surface area contributed by atoms with Gasteiger partial charge in [-0.25, -0.2) is 8.42 Å². The quantitative estimate of drug-likeness (QED) is 0.899. The summed E-state index contributed by atoms with van der Waals surface area (Å²) < 4.78 is 24.4. The minimum Gasteiger partial charge on any atom is -0.330 e. The van der Waals surface area contributed by atoms with E-state index in [2.05, 4.69) is 6.07 Å². The highest BCUT2D eigenvalue weighted by molar-refractivity contribution is 7.99. The number of thioether (sulfide) groups is 1. The zero-order valence-corrected chi connectivity index (χ0v) is 12.1. The van der Waals surface area contributed by atoms with Crippen LogP contribution in [0, 0.1) is 0 Å². The molecule has 0 saturated heterocycles. The Kier molecular flexibility index (Phi) is 4.35. The fraction of sp³-hybridized carbons (Fsp3) is 0.538. The maximum absolute atomic E-state index is 12.2. The summed E-state index contributed by atoms with van der Waals surface area (Å²) in [5, 5.41) is -0.333. The first-order valence-electron chi connectivity index (χ1n) is 6.18. The van der Waals surface area contributed by atoms with Gasteiger partial charge in [-0.2, -0.15) is 0 Å². The van der Waals surface area contributed by atoms with Crippen LogP contribution in [0.1, 0.15) is 24.8 Å². The summed E-state index contributed by atoms with van der Waals surface area (Å²) >= 11 is 1.75. The van der Waals surface area contributed by atoms with E-state index in [-0.39, 0.29) is 16.9 Å². The summed E-state index contributed by atoms with van der Waals surface area (Å²) in [6, 6.07) is 8.09. The second kappa shape index (κ2) is 5.63. The second-order valence-electron chi connectivity index (χ2n) is 4.76. The average molecular weight is 285 g/mol. The summed E-state index contributed by atoms with van der Waals surface area (Å²) in [4.78, 5) is 1.23. The van der Waals surface area contributed by atoms with Gasteiger partial charge in [0, 0.05) is 16.6 Å². The molecule has 0 saturated carbocycles. The summed E-state index contributed by atoms with van der Waals surface area (Å²) in [5.74, 6) is 1.25. The van der Waals surface area contributed by atoms with E-state index >= 15 is 0 Å². The first kappa shape index (κ1) is 13.9. The van der Waals surface area contributed by atoms with E-state index in [1.165, 1.54) is 10.5 Å². The highest BCUT2D eigenvalue weighted by atomic mass is 32.2. The highest BCUT2D eigenvalue weighted by Crippen LogP contribution is 2.40. The topological polar surface area (TPSA) is 60.2 Å². The molecule has 1 aliphatic rings. The van der Waals surface area contributed by atoms with Gasteiger partial charge in [0.15, 0.2) is 9.84 Å². The third-order valence-corrected chi connectivity index (χ3v) is 7.00. The summed E-state index contributed by atoms with van der Waals surface area (Å²) in [6.07, 6.45) is 0.545. The van der Waals surface area contributed by atoms with Crippen LogP contribution in [0.25, 0.3) is 0 Å². The minimum absolute atomic E-state index is 0.136.